The predicted molar refractivity (Wildman–Crippen MR) is 81.3 cm³/mol. The Balaban J connectivity index is 2.73. The second-order valence-electron chi connectivity index (χ2n) is 5.58. The summed E-state index contributed by atoms with van der Waals surface area (Å²) >= 11 is 1.29. The van der Waals surface area contributed by atoms with E-state index in [1.54, 1.807) is 7.11 Å². The number of carbonyl (C=O) groups is 2. The molecule has 0 bridgehead atoms. The molecule has 1 rings (SSSR count). The second kappa shape index (κ2) is 6.85. The van der Waals surface area contributed by atoms with E-state index in [4.69, 9.17) is 4.74 Å². The molecule has 0 spiro atoms. The molecule has 0 unspecified atom stereocenters. The first-order valence-corrected chi connectivity index (χ1v) is 7.26. The third kappa shape index (κ3) is 4.61. The van der Waals surface area contributed by atoms with Gasteiger partial charge in [-0.15, -0.1) is 11.3 Å². The highest BCUT2D eigenvalue weighted by Crippen LogP contribution is 2.28. The Morgan fingerprint density at radius 1 is 1.35 bits per heavy atom. The van der Waals surface area contributed by atoms with E-state index >= 15 is 0 Å². The van der Waals surface area contributed by atoms with Crippen molar-refractivity contribution < 1.29 is 14.3 Å². The summed E-state index contributed by atoms with van der Waals surface area (Å²) in [4.78, 5) is 24.5. The number of hydrogen-bond acceptors (Lipinski definition) is 4. The third-order valence-corrected chi connectivity index (χ3v) is 3.78. The van der Waals surface area contributed by atoms with Gasteiger partial charge >= 0.3 is 0 Å². The summed E-state index contributed by atoms with van der Waals surface area (Å²) in [7, 11) is 1.59. The second-order valence-corrected chi connectivity index (χ2v) is 6.63. The molecule has 0 aromatic carbocycles. The van der Waals surface area contributed by atoms with Gasteiger partial charge in [0.1, 0.15) is 0 Å². The van der Waals surface area contributed by atoms with E-state index in [1.165, 1.54) is 11.3 Å². The molecule has 20 heavy (non-hydrogen) atoms. The fourth-order valence-corrected chi connectivity index (χ4v) is 2.40. The monoisotopic (exact) mass is 298 g/mol. The van der Waals surface area contributed by atoms with Crippen LogP contribution in [0.4, 0.5) is 5.00 Å². The summed E-state index contributed by atoms with van der Waals surface area (Å²) in [6.45, 7) is 8.35. The van der Waals surface area contributed by atoms with E-state index < -0.39 is 5.41 Å². The average Bonchev–Trinajstić information content (AvgIpc) is 2.69. The van der Waals surface area contributed by atoms with Crippen molar-refractivity contribution in [1.82, 2.24) is 5.32 Å². The molecule has 0 radical (unpaired) electrons. The minimum atomic E-state index is -0.460. The molecule has 6 heteroatoms. The lowest BCUT2D eigenvalue weighted by Gasteiger charge is -2.16. The van der Waals surface area contributed by atoms with E-state index in [9.17, 15) is 9.59 Å². The zero-order valence-electron chi connectivity index (χ0n) is 12.6. The summed E-state index contributed by atoms with van der Waals surface area (Å²) < 4.78 is 4.89. The maximum atomic E-state index is 12.0. The van der Waals surface area contributed by atoms with Crippen LogP contribution in [-0.2, 0) is 9.53 Å². The molecule has 0 aliphatic heterocycles. The van der Waals surface area contributed by atoms with E-state index in [1.807, 2.05) is 33.8 Å². The van der Waals surface area contributed by atoms with Crippen LogP contribution in [0, 0.1) is 12.3 Å². The fourth-order valence-electron chi connectivity index (χ4n) is 1.42. The van der Waals surface area contributed by atoms with E-state index in [2.05, 4.69) is 10.6 Å². The standard InChI is InChI=1S/C14H22N2O3S/c1-9-8-10(16-13(18)14(2,3)4)20-11(9)12(17)15-6-7-19-5/h8H,6-7H2,1-5H3,(H,15,17)(H,16,18). The maximum Gasteiger partial charge on any atom is 0.261 e. The quantitative estimate of drug-likeness (QED) is 0.820. The largest absolute Gasteiger partial charge is 0.383 e. The van der Waals surface area contributed by atoms with Crippen molar-refractivity contribution in [3.63, 3.8) is 0 Å². The van der Waals surface area contributed by atoms with Gasteiger partial charge in [0.05, 0.1) is 16.5 Å². The number of methoxy groups -OCH3 is 1. The van der Waals surface area contributed by atoms with Crippen LogP contribution in [0.15, 0.2) is 6.07 Å². The molecule has 112 valence electrons. The van der Waals surface area contributed by atoms with Crippen molar-refractivity contribution in [3.8, 4) is 0 Å². The number of aryl methyl sites for hydroxylation is 1. The Hall–Kier alpha value is -1.40. The first-order valence-electron chi connectivity index (χ1n) is 6.44. The lowest BCUT2D eigenvalue weighted by molar-refractivity contribution is -0.123. The van der Waals surface area contributed by atoms with Crippen molar-refractivity contribution in [1.29, 1.82) is 0 Å². The van der Waals surface area contributed by atoms with Crippen LogP contribution in [0.5, 0.6) is 0 Å². The highest BCUT2D eigenvalue weighted by Gasteiger charge is 2.22. The minimum absolute atomic E-state index is 0.0647. The molecule has 0 aliphatic carbocycles. The number of thiophene rings is 1. The molecule has 2 amide bonds. The number of hydrogen-bond donors (Lipinski definition) is 2. The summed E-state index contributed by atoms with van der Waals surface area (Å²) in [5.41, 5.74) is 0.396. The lowest BCUT2D eigenvalue weighted by Crippen LogP contribution is -2.27. The number of ether oxygens (including phenoxy) is 1. The molecule has 1 heterocycles. The summed E-state index contributed by atoms with van der Waals surface area (Å²) in [6.07, 6.45) is 0. The average molecular weight is 298 g/mol. The van der Waals surface area contributed by atoms with Gasteiger partial charge in [0.15, 0.2) is 0 Å². The summed E-state index contributed by atoms with van der Waals surface area (Å²) in [6, 6.07) is 1.82. The highest BCUT2D eigenvalue weighted by molar-refractivity contribution is 7.18. The first kappa shape index (κ1) is 16.7. The number of rotatable bonds is 5. The van der Waals surface area contributed by atoms with Gasteiger partial charge in [-0.3, -0.25) is 9.59 Å². The topological polar surface area (TPSA) is 67.4 Å². The van der Waals surface area contributed by atoms with Crippen molar-refractivity contribution in [2.45, 2.75) is 27.7 Å². The van der Waals surface area contributed by atoms with Gasteiger partial charge in [0.2, 0.25) is 5.91 Å². The molecule has 0 saturated carbocycles. The number of nitrogens with one attached hydrogen (secondary N) is 2. The third-order valence-electron chi connectivity index (χ3n) is 2.63. The molecule has 0 fully saturated rings. The fraction of sp³-hybridized carbons (Fsp3) is 0.571. The first-order chi connectivity index (χ1) is 9.25. The highest BCUT2D eigenvalue weighted by atomic mass is 32.1. The van der Waals surface area contributed by atoms with Gasteiger partial charge < -0.3 is 15.4 Å². The number of amides is 2. The zero-order chi connectivity index (χ0) is 15.3. The molecular weight excluding hydrogens is 276 g/mol. The molecule has 1 aromatic rings. The predicted octanol–water partition coefficient (Wildman–Crippen LogP) is 2.42. The normalized spacial score (nSPS) is 11.2. The van der Waals surface area contributed by atoms with Crippen LogP contribution >= 0.6 is 11.3 Å². The number of anilines is 1. The minimum Gasteiger partial charge on any atom is -0.383 e. The molecular formula is C14H22N2O3S. The maximum absolute atomic E-state index is 12.0. The van der Waals surface area contributed by atoms with Crippen molar-refractivity contribution in [2.24, 2.45) is 5.41 Å². The van der Waals surface area contributed by atoms with Gasteiger partial charge in [0, 0.05) is 19.1 Å². The van der Waals surface area contributed by atoms with Crippen LogP contribution in [0.3, 0.4) is 0 Å². The Labute approximate surface area is 123 Å². The molecule has 5 nitrogen and oxygen atoms in total. The Morgan fingerprint density at radius 3 is 2.55 bits per heavy atom. The SMILES string of the molecule is COCCNC(=O)c1sc(NC(=O)C(C)(C)C)cc1C. The Morgan fingerprint density at radius 2 is 2.00 bits per heavy atom. The van der Waals surface area contributed by atoms with Crippen LogP contribution in [0.1, 0.15) is 36.0 Å². The van der Waals surface area contributed by atoms with Crippen LogP contribution in [0.2, 0.25) is 0 Å². The molecule has 0 atom stereocenters. The van der Waals surface area contributed by atoms with Crippen molar-refractivity contribution >= 4 is 28.2 Å². The van der Waals surface area contributed by atoms with Gasteiger partial charge in [0.25, 0.3) is 5.91 Å². The lowest BCUT2D eigenvalue weighted by atomic mass is 9.96. The number of carbonyl (C=O) groups excluding carboxylic acids is 2. The van der Waals surface area contributed by atoms with Gasteiger partial charge in [-0.25, -0.2) is 0 Å². The molecule has 0 saturated heterocycles. The Kier molecular flexibility index (Phi) is 5.71. The zero-order valence-corrected chi connectivity index (χ0v) is 13.4. The van der Waals surface area contributed by atoms with Gasteiger partial charge in [-0.1, -0.05) is 20.8 Å². The van der Waals surface area contributed by atoms with E-state index in [0.717, 1.165) is 5.56 Å². The summed E-state index contributed by atoms with van der Waals surface area (Å²) in [5.74, 6) is -0.203. The Bertz CT molecular complexity index is 489. The van der Waals surface area contributed by atoms with E-state index in [0.29, 0.717) is 23.0 Å². The van der Waals surface area contributed by atoms with Crippen LogP contribution in [0.25, 0.3) is 0 Å². The summed E-state index contributed by atoms with van der Waals surface area (Å²) in [5, 5.41) is 6.31. The van der Waals surface area contributed by atoms with Crippen molar-refractivity contribution in [3.05, 3.63) is 16.5 Å². The van der Waals surface area contributed by atoms with Crippen LogP contribution < -0.4 is 10.6 Å². The van der Waals surface area contributed by atoms with Gasteiger partial charge in [-0.2, -0.15) is 0 Å². The van der Waals surface area contributed by atoms with Crippen LogP contribution in [-0.4, -0.2) is 32.1 Å². The molecule has 2 N–H and O–H groups in total. The molecule has 0 aliphatic rings. The molecule has 1 aromatic heterocycles. The van der Waals surface area contributed by atoms with Gasteiger partial charge in [-0.05, 0) is 18.6 Å². The smallest absolute Gasteiger partial charge is 0.261 e. The van der Waals surface area contributed by atoms with E-state index in [-0.39, 0.29) is 11.8 Å². The van der Waals surface area contributed by atoms with Crippen molar-refractivity contribution in [2.75, 3.05) is 25.6 Å².